The SMILES string of the molecule is Cc1c(C(=O)OCC(C)C)nnn1Cc1ccc(Br)o1. The summed E-state index contributed by atoms with van der Waals surface area (Å²) in [6.45, 7) is 6.53. The molecule has 2 heterocycles. The zero-order valence-electron chi connectivity index (χ0n) is 11.6. The van der Waals surface area contributed by atoms with Crippen molar-refractivity contribution in [3.63, 3.8) is 0 Å². The number of hydrogen-bond donors (Lipinski definition) is 0. The van der Waals surface area contributed by atoms with E-state index < -0.39 is 5.97 Å². The van der Waals surface area contributed by atoms with Crippen LogP contribution >= 0.6 is 15.9 Å². The van der Waals surface area contributed by atoms with Crippen LogP contribution in [0.4, 0.5) is 0 Å². The number of nitrogens with zero attached hydrogens (tertiary/aromatic N) is 3. The second kappa shape index (κ2) is 6.21. The highest BCUT2D eigenvalue weighted by molar-refractivity contribution is 9.10. The lowest BCUT2D eigenvalue weighted by atomic mass is 10.2. The first-order valence-corrected chi connectivity index (χ1v) is 7.08. The van der Waals surface area contributed by atoms with Gasteiger partial charge in [0.05, 0.1) is 12.3 Å². The first-order chi connectivity index (χ1) is 9.47. The van der Waals surface area contributed by atoms with E-state index in [1.807, 2.05) is 19.9 Å². The van der Waals surface area contributed by atoms with Crippen molar-refractivity contribution in [2.75, 3.05) is 6.61 Å². The molecule has 0 saturated heterocycles. The van der Waals surface area contributed by atoms with Gasteiger partial charge in [0, 0.05) is 0 Å². The van der Waals surface area contributed by atoms with Crippen LogP contribution in [0.2, 0.25) is 0 Å². The molecule has 0 amide bonds. The third-order valence-electron chi connectivity index (χ3n) is 2.66. The lowest BCUT2D eigenvalue weighted by Crippen LogP contribution is -2.12. The topological polar surface area (TPSA) is 70.2 Å². The Balaban J connectivity index is 2.08. The fourth-order valence-corrected chi connectivity index (χ4v) is 1.93. The molecule has 108 valence electrons. The lowest BCUT2D eigenvalue weighted by molar-refractivity contribution is 0.0451. The number of aromatic nitrogens is 3. The molecule has 0 aliphatic carbocycles. The van der Waals surface area contributed by atoms with E-state index in [9.17, 15) is 4.79 Å². The van der Waals surface area contributed by atoms with Gasteiger partial charge >= 0.3 is 5.97 Å². The highest BCUT2D eigenvalue weighted by Gasteiger charge is 2.18. The van der Waals surface area contributed by atoms with Gasteiger partial charge in [0.25, 0.3) is 0 Å². The Kier molecular flexibility index (Phi) is 4.59. The molecule has 0 radical (unpaired) electrons. The van der Waals surface area contributed by atoms with Crippen LogP contribution in [0.5, 0.6) is 0 Å². The summed E-state index contributed by atoms with van der Waals surface area (Å²) in [5, 5.41) is 7.84. The average molecular weight is 342 g/mol. The van der Waals surface area contributed by atoms with Crippen molar-refractivity contribution in [3.8, 4) is 0 Å². The summed E-state index contributed by atoms with van der Waals surface area (Å²) < 4.78 is 12.8. The van der Waals surface area contributed by atoms with Gasteiger partial charge in [0.1, 0.15) is 12.3 Å². The number of halogens is 1. The summed E-state index contributed by atoms with van der Waals surface area (Å²) in [6.07, 6.45) is 0. The van der Waals surface area contributed by atoms with Gasteiger partial charge in [-0.25, -0.2) is 9.48 Å². The minimum atomic E-state index is -0.442. The van der Waals surface area contributed by atoms with Gasteiger partial charge in [-0.2, -0.15) is 0 Å². The molecule has 7 heteroatoms. The second-order valence-electron chi connectivity index (χ2n) is 4.88. The standard InChI is InChI=1S/C13H16BrN3O3/c1-8(2)7-19-13(18)12-9(3)17(16-15-12)6-10-4-5-11(14)20-10/h4-5,8H,6-7H2,1-3H3. The third kappa shape index (κ3) is 3.47. The first kappa shape index (κ1) is 14.8. The Morgan fingerprint density at radius 1 is 1.50 bits per heavy atom. The van der Waals surface area contributed by atoms with E-state index in [1.165, 1.54) is 0 Å². The van der Waals surface area contributed by atoms with Gasteiger partial charge in [0.2, 0.25) is 0 Å². The van der Waals surface area contributed by atoms with Crippen LogP contribution in [-0.4, -0.2) is 27.6 Å². The molecule has 6 nitrogen and oxygen atoms in total. The second-order valence-corrected chi connectivity index (χ2v) is 5.66. The zero-order chi connectivity index (χ0) is 14.7. The summed E-state index contributed by atoms with van der Waals surface area (Å²) in [5.41, 5.74) is 0.905. The molecule has 0 unspecified atom stereocenters. The number of rotatable bonds is 5. The predicted octanol–water partition coefficient (Wildman–Crippen LogP) is 2.80. The van der Waals surface area contributed by atoms with E-state index in [0.29, 0.717) is 23.5 Å². The maximum Gasteiger partial charge on any atom is 0.360 e. The first-order valence-electron chi connectivity index (χ1n) is 6.28. The maximum atomic E-state index is 11.9. The van der Waals surface area contributed by atoms with Crippen LogP contribution in [0, 0.1) is 12.8 Å². The molecule has 0 N–H and O–H groups in total. The van der Waals surface area contributed by atoms with Crippen molar-refractivity contribution in [1.82, 2.24) is 15.0 Å². The maximum absolute atomic E-state index is 11.9. The average Bonchev–Trinajstić information content (AvgIpc) is 2.95. The molecule has 0 fully saturated rings. The van der Waals surface area contributed by atoms with E-state index in [-0.39, 0.29) is 11.6 Å². The molecule has 2 aromatic rings. The van der Waals surface area contributed by atoms with Gasteiger partial charge in [-0.05, 0) is 40.9 Å². The van der Waals surface area contributed by atoms with Crippen molar-refractivity contribution in [1.29, 1.82) is 0 Å². The molecule has 20 heavy (non-hydrogen) atoms. The lowest BCUT2D eigenvalue weighted by Gasteiger charge is -2.05. The number of furan rings is 1. The summed E-state index contributed by atoms with van der Waals surface area (Å²) >= 11 is 3.24. The molecule has 2 rings (SSSR count). The van der Waals surface area contributed by atoms with Crippen molar-refractivity contribution < 1.29 is 13.9 Å². The van der Waals surface area contributed by atoms with Crippen LogP contribution in [0.1, 0.15) is 35.8 Å². The van der Waals surface area contributed by atoms with Gasteiger partial charge < -0.3 is 9.15 Å². The van der Waals surface area contributed by atoms with E-state index in [4.69, 9.17) is 9.15 Å². The minimum Gasteiger partial charge on any atom is -0.461 e. The van der Waals surface area contributed by atoms with Crippen molar-refractivity contribution in [2.45, 2.75) is 27.3 Å². The normalized spacial score (nSPS) is 11.1. The van der Waals surface area contributed by atoms with Crippen LogP contribution in [-0.2, 0) is 11.3 Å². The van der Waals surface area contributed by atoms with Crippen molar-refractivity contribution in [3.05, 3.63) is 34.0 Å². The van der Waals surface area contributed by atoms with Crippen molar-refractivity contribution in [2.24, 2.45) is 5.92 Å². The Labute approximate surface area is 125 Å². The molecule has 0 aliphatic rings. The fraction of sp³-hybridized carbons (Fsp3) is 0.462. The highest BCUT2D eigenvalue weighted by Crippen LogP contribution is 2.16. The number of esters is 1. The van der Waals surface area contributed by atoms with Gasteiger partial charge in [-0.3, -0.25) is 0 Å². The molecule has 2 aromatic heterocycles. The summed E-state index contributed by atoms with van der Waals surface area (Å²) in [7, 11) is 0. The molecule has 0 saturated carbocycles. The fourth-order valence-electron chi connectivity index (χ4n) is 1.59. The molecule has 0 atom stereocenters. The van der Waals surface area contributed by atoms with Gasteiger partial charge in [0.15, 0.2) is 10.4 Å². The van der Waals surface area contributed by atoms with Crippen LogP contribution in [0.25, 0.3) is 0 Å². The van der Waals surface area contributed by atoms with Gasteiger partial charge in [-0.1, -0.05) is 19.1 Å². The smallest absolute Gasteiger partial charge is 0.360 e. The Hall–Kier alpha value is -1.63. The monoisotopic (exact) mass is 341 g/mol. The van der Waals surface area contributed by atoms with Crippen LogP contribution in [0.15, 0.2) is 21.2 Å². The number of carbonyl (C=O) groups is 1. The molecule has 0 aromatic carbocycles. The number of ether oxygens (including phenoxy) is 1. The zero-order valence-corrected chi connectivity index (χ0v) is 13.2. The quantitative estimate of drug-likeness (QED) is 0.782. The highest BCUT2D eigenvalue weighted by atomic mass is 79.9. The largest absolute Gasteiger partial charge is 0.461 e. The molecular formula is C13H16BrN3O3. The van der Waals surface area contributed by atoms with Gasteiger partial charge in [-0.15, -0.1) is 5.10 Å². The van der Waals surface area contributed by atoms with E-state index >= 15 is 0 Å². The van der Waals surface area contributed by atoms with Crippen LogP contribution in [0.3, 0.4) is 0 Å². The Morgan fingerprint density at radius 3 is 2.85 bits per heavy atom. The van der Waals surface area contributed by atoms with E-state index in [0.717, 1.165) is 5.76 Å². The molecule has 0 bridgehead atoms. The number of carbonyl (C=O) groups excluding carboxylic acids is 1. The Bertz CT molecular complexity index is 604. The number of hydrogen-bond acceptors (Lipinski definition) is 5. The summed E-state index contributed by atoms with van der Waals surface area (Å²) in [5.74, 6) is 0.574. The van der Waals surface area contributed by atoms with Crippen LogP contribution < -0.4 is 0 Å². The molecule has 0 spiro atoms. The van der Waals surface area contributed by atoms with Crippen molar-refractivity contribution >= 4 is 21.9 Å². The predicted molar refractivity (Wildman–Crippen MR) is 75.4 cm³/mol. The van der Waals surface area contributed by atoms with E-state index in [2.05, 4.69) is 26.2 Å². The molecule has 0 aliphatic heterocycles. The molecular weight excluding hydrogens is 326 g/mol. The Morgan fingerprint density at radius 2 is 2.25 bits per heavy atom. The van der Waals surface area contributed by atoms with E-state index in [1.54, 1.807) is 17.7 Å². The minimum absolute atomic E-state index is 0.247. The summed E-state index contributed by atoms with van der Waals surface area (Å²) in [4.78, 5) is 11.9. The third-order valence-corrected chi connectivity index (χ3v) is 3.08. The summed E-state index contributed by atoms with van der Waals surface area (Å²) in [6, 6.07) is 3.64.